The average Bonchev–Trinajstić information content (AvgIpc) is 3.16. The number of allylic oxidation sites excluding steroid dienone is 4. The van der Waals surface area contributed by atoms with Gasteiger partial charge in [-0.1, -0.05) is 192 Å². The zero-order valence-electron chi connectivity index (χ0n) is 38.3. The van der Waals surface area contributed by atoms with Crippen LogP contribution in [0.15, 0.2) is 24.3 Å². The summed E-state index contributed by atoms with van der Waals surface area (Å²) in [5.74, 6) is -0.335. The van der Waals surface area contributed by atoms with Gasteiger partial charge in [-0.25, -0.2) is 0 Å². The van der Waals surface area contributed by atoms with Crippen molar-refractivity contribution in [2.24, 2.45) is 0 Å². The normalized spacial score (nSPS) is 13.9. The number of nitrogens with zero attached hydrogens (tertiary/aromatic N) is 1. The third-order valence-electron chi connectivity index (χ3n) is 10.5. The van der Waals surface area contributed by atoms with Crippen LogP contribution in [0.5, 0.6) is 0 Å². The van der Waals surface area contributed by atoms with E-state index in [1.54, 1.807) is 0 Å². The van der Waals surface area contributed by atoms with E-state index in [0.717, 1.165) is 38.5 Å². The Labute approximate surface area is 353 Å². The zero-order chi connectivity index (χ0) is 42.0. The standard InChI is InChI=1S/C48H94NO7P/c1-6-8-10-12-14-16-17-18-19-20-21-22-23-24-25-26-27-28-29-30-31-32-34-36-38-40-43-53-45-47(46-55-57(51,52)54-44-42-49(3,4)5)56-48(50)41-39-37-35-33-15-13-11-9-7-2/h17-18,20-21,47H,6-16,19,22-46H2,1-5H3/b18-17-,21-20-. The van der Waals surface area contributed by atoms with E-state index < -0.39 is 13.9 Å². The second kappa shape index (κ2) is 41.7. The lowest BCUT2D eigenvalue weighted by Gasteiger charge is -2.28. The van der Waals surface area contributed by atoms with Gasteiger partial charge in [0.1, 0.15) is 19.3 Å². The minimum absolute atomic E-state index is 0.0284. The molecule has 338 valence electrons. The van der Waals surface area contributed by atoms with Gasteiger partial charge >= 0.3 is 5.97 Å². The minimum Gasteiger partial charge on any atom is -0.756 e. The molecule has 0 saturated heterocycles. The van der Waals surface area contributed by atoms with Gasteiger partial charge in [0, 0.05) is 13.0 Å². The van der Waals surface area contributed by atoms with Gasteiger partial charge in [-0.3, -0.25) is 9.36 Å². The summed E-state index contributed by atoms with van der Waals surface area (Å²) in [6.07, 6.45) is 47.8. The molecule has 0 aromatic rings. The third kappa shape index (κ3) is 45.9. The van der Waals surface area contributed by atoms with Gasteiger partial charge in [-0.05, 0) is 44.9 Å². The highest BCUT2D eigenvalue weighted by molar-refractivity contribution is 7.45. The first-order chi connectivity index (χ1) is 27.6. The summed E-state index contributed by atoms with van der Waals surface area (Å²) in [7, 11) is 1.36. The van der Waals surface area contributed by atoms with Crippen molar-refractivity contribution in [3.63, 3.8) is 0 Å². The van der Waals surface area contributed by atoms with Crippen LogP contribution in [-0.2, 0) is 27.9 Å². The fourth-order valence-corrected chi connectivity index (χ4v) is 7.48. The van der Waals surface area contributed by atoms with Crippen LogP contribution in [0.2, 0.25) is 0 Å². The van der Waals surface area contributed by atoms with E-state index in [1.807, 2.05) is 21.1 Å². The van der Waals surface area contributed by atoms with Gasteiger partial charge in [0.05, 0.1) is 34.4 Å². The highest BCUT2D eigenvalue weighted by Gasteiger charge is 2.20. The second-order valence-electron chi connectivity index (χ2n) is 17.5. The van der Waals surface area contributed by atoms with E-state index in [2.05, 4.69) is 38.2 Å². The number of phosphoric ester groups is 1. The van der Waals surface area contributed by atoms with E-state index in [9.17, 15) is 14.3 Å². The lowest BCUT2D eigenvalue weighted by Crippen LogP contribution is -2.37. The van der Waals surface area contributed by atoms with E-state index in [-0.39, 0.29) is 25.8 Å². The fraction of sp³-hybridized carbons (Fsp3) is 0.896. The molecular weight excluding hydrogens is 734 g/mol. The van der Waals surface area contributed by atoms with Gasteiger partial charge in [0.15, 0.2) is 0 Å². The lowest BCUT2D eigenvalue weighted by atomic mass is 10.0. The topological polar surface area (TPSA) is 94.1 Å². The quantitative estimate of drug-likeness (QED) is 0.0198. The van der Waals surface area contributed by atoms with E-state index in [1.165, 1.54) is 161 Å². The number of carbonyl (C=O) groups is 1. The van der Waals surface area contributed by atoms with Crippen molar-refractivity contribution >= 4 is 13.8 Å². The molecule has 0 N–H and O–H groups in total. The molecule has 0 amide bonds. The maximum atomic E-state index is 12.6. The number of hydrogen-bond donors (Lipinski definition) is 0. The molecule has 0 aliphatic carbocycles. The summed E-state index contributed by atoms with van der Waals surface area (Å²) in [6.45, 7) is 5.41. The molecule has 0 aromatic heterocycles. The van der Waals surface area contributed by atoms with Crippen LogP contribution in [0, 0.1) is 0 Å². The summed E-state index contributed by atoms with van der Waals surface area (Å²) >= 11 is 0. The number of quaternary nitrogens is 1. The van der Waals surface area contributed by atoms with Crippen LogP contribution >= 0.6 is 7.82 Å². The summed E-state index contributed by atoms with van der Waals surface area (Å²) in [4.78, 5) is 25.0. The van der Waals surface area contributed by atoms with E-state index in [4.69, 9.17) is 18.5 Å². The highest BCUT2D eigenvalue weighted by atomic mass is 31.2. The van der Waals surface area contributed by atoms with Crippen molar-refractivity contribution in [2.45, 2.75) is 225 Å². The number of phosphoric acid groups is 1. The summed E-state index contributed by atoms with van der Waals surface area (Å²) in [6, 6.07) is 0. The molecule has 57 heavy (non-hydrogen) atoms. The number of hydrogen-bond acceptors (Lipinski definition) is 7. The maximum absolute atomic E-state index is 12.6. The summed E-state index contributed by atoms with van der Waals surface area (Å²) in [5, 5.41) is 0. The Morgan fingerprint density at radius 1 is 0.544 bits per heavy atom. The van der Waals surface area contributed by atoms with Crippen LogP contribution in [0.1, 0.15) is 219 Å². The van der Waals surface area contributed by atoms with E-state index in [0.29, 0.717) is 24.1 Å². The molecule has 0 saturated carbocycles. The largest absolute Gasteiger partial charge is 0.756 e. The Hall–Kier alpha value is -1.02. The van der Waals surface area contributed by atoms with Crippen molar-refractivity contribution in [1.29, 1.82) is 0 Å². The highest BCUT2D eigenvalue weighted by Crippen LogP contribution is 2.38. The second-order valence-corrected chi connectivity index (χ2v) is 18.9. The molecular formula is C48H94NO7P. The Bertz CT molecular complexity index is 967. The first-order valence-corrected chi connectivity index (χ1v) is 25.5. The Kier molecular flexibility index (Phi) is 41.0. The summed E-state index contributed by atoms with van der Waals surface area (Å²) < 4.78 is 34.6. The molecule has 0 aromatic carbocycles. The number of esters is 1. The van der Waals surface area contributed by atoms with Crippen molar-refractivity contribution in [2.75, 3.05) is 54.1 Å². The molecule has 0 aliphatic heterocycles. The first-order valence-electron chi connectivity index (χ1n) is 24.1. The van der Waals surface area contributed by atoms with Crippen molar-refractivity contribution in [3.05, 3.63) is 24.3 Å². The van der Waals surface area contributed by atoms with Crippen LogP contribution in [-0.4, -0.2) is 70.7 Å². The molecule has 2 unspecified atom stereocenters. The van der Waals surface area contributed by atoms with Crippen LogP contribution in [0.25, 0.3) is 0 Å². The number of likely N-dealkylation sites (N-methyl/N-ethyl adjacent to an activating group) is 1. The maximum Gasteiger partial charge on any atom is 0.306 e. The van der Waals surface area contributed by atoms with Crippen molar-refractivity contribution in [3.8, 4) is 0 Å². The molecule has 0 rings (SSSR count). The smallest absolute Gasteiger partial charge is 0.306 e. The van der Waals surface area contributed by atoms with Gasteiger partial charge < -0.3 is 27.9 Å². The van der Waals surface area contributed by atoms with Gasteiger partial charge in [0.25, 0.3) is 7.82 Å². The molecule has 0 radical (unpaired) electrons. The summed E-state index contributed by atoms with van der Waals surface area (Å²) in [5.41, 5.74) is 0. The molecule has 0 fully saturated rings. The van der Waals surface area contributed by atoms with Crippen molar-refractivity contribution in [1.82, 2.24) is 0 Å². The molecule has 2 atom stereocenters. The van der Waals surface area contributed by atoms with E-state index >= 15 is 0 Å². The monoisotopic (exact) mass is 828 g/mol. The third-order valence-corrected chi connectivity index (χ3v) is 11.5. The minimum atomic E-state index is -4.52. The molecule has 0 bridgehead atoms. The van der Waals surface area contributed by atoms with Crippen LogP contribution in [0.3, 0.4) is 0 Å². The van der Waals surface area contributed by atoms with Crippen LogP contribution in [0.4, 0.5) is 0 Å². The molecule has 8 nitrogen and oxygen atoms in total. The molecule has 0 heterocycles. The SMILES string of the molecule is CCCCCCC/C=C\C/C=C\CCCCCCCCCCCCCCCCOCC(COP(=O)([O-])OCC[N+](C)(C)C)OC(=O)CCCCCCCCCCC. The number of ether oxygens (including phenoxy) is 2. The van der Waals surface area contributed by atoms with Gasteiger partial charge in [-0.2, -0.15) is 0 Å². The predicted octanol–water partition coefficient (Wildman–Crippen LogP) is 13.8. The number of carbonyl (C=O) groups excluding carboxylic acids is 1. The first kappa shape index (κ1) is 56.0. The number of unbranched alkanes of at least 4 members (excludes halogenated alkanes) is 27. The number of rotatable bonds is 45. The Balaban J connectivity index is 3.97. The Morgan fingerprint density at radius 2 is 0.965 bits per heavy atom. The average molecular weight is 828 g/mol. The van der Waals surface area contributed by atoms with Crippen LogP contribution < -0.4 is 4.89 Å². The van der Waals surface area contributed by atoms with Gasteiger partial charge in [-0.15, -0.1) is 0 Å². The molecule has 9 heteroatoms. The molecule has 0 spiro atoms. The lowest BCUT2D eigenvalue weighted by molar-refractivity contribution is -0.870. The van der Waals surface area contributed by atoms with Gasteiger partial charge in [0.2, 0.25) is 0 Å². The zero-order valence-corrected chi connectivity index (χ0v) is 39.2. The van der Waals surface area contributed by atoms with Crippen molar-refractivity contribution < 1.29 is 37.3 Å². The molecule has 0 aliphatic rings. The predicted molar refractivity (Wildman–Crippen MR) is 240 cm³/mol. The fourth-order valence-electron chi connectivity index (χ4n) is 6.75. The Morgan fingerprint density at radius 3 is 1.42 bits per heavy atom.